The maximum absolute atomic E-state index is 13.1. The van der Waals surface area contributed by atoms with Gasteiger partial charge in [0.15, 0.2) is 5.65 Å². The highest BCUT2D eigenvalue weighted by Crippen LogP contribution is 2.42. The van der Waals surface area contributed by atoms with E-state index < -0.39 is 12.2 Å². The van der Waals surface area contributed by atoms with E-state index in [9.17, 15) is 13.6 Å². The normalized spacial score (nSPS) is 20.2. The molecule has 0 unspecified atom stereocenters. The number of carbonyl (C=O) groups is 1. The molecule has 0 bridgehead atoms. The number of fused-ring (bicyclic) bond motifs is 2. The second-order valence-corrected chi connectivity index (χ2v) is 8.28. The van der Waals surface area contributed by atoms with Crippen LogP contribution >= 0.6 is 0 Å². The summed E-state index contributed by atoms with van der Waals surface area (Å²) in [4.78, 5) is 19.5. The smallest absolute Gasteiger partial charge is 0.345 e. The van der Waals surface area contributed by atoms with E-state index in [2.05, 4.69) is 25.0 Å². The summed E-state index contributed by atoms with van der Waals surface area (Å²) in [5, 5.41) is 7.16. The van der Waals surface area contributed by atoms with Crippen LogP contribution in [-0.2, 0) is 15.9 Å². The summed E-state index contributed by atoms with van der Waals surface area (Å²) in [5.41, 5.74) is 2.04. The molecule has 1 atom stereocenters. The number of nitrogens with one attached hydrogen (secondary N) is 1. The third kappa shape index (κ3) is 4.33. The van der Waals surface area contributed by atoms with Crippen LogP contribution in [0.5, 0.6) is 5.75 Å². The van der Waals surface area contributed by atoms with E-state index in [0.717, 1.165) is 11.3 Å². The minimum atomic E-state index is -2.87. The molecule has 2 aliphatic rings. The fraction of sp³-hybridized carbons (Fsp3) is 0.409. The highest BCUT2D eigenvalue weighted by atomic mass is 19.3. The first kappa shape index (κ1) is 21.5. The van der Waals surface area contributed by atoms with Crippen molar-refractivity contribution in [3.05, 3.63) is 47.9 Å². The van der Waals surface area contributed by atoms with Gasteiger partial charge in [0.2, 0.25) is 0 Å². The van der Waals surface area contributed by atoms with E-state index in [0.29, 0.717) is 55.4 Å². The highest BCUT2D eigenvalue weighted by Gasteiger charge is 2.37. The number of alkyl halides is 2. The lowest BCUT2D eigenvalue weighted by atomic mass is 9.99. The summed E-state index contributed by atoms with van der Waals surface area (Å²) >= 11 is 0. The van der Waals surface area contributed by atoms with Gasteiger partial charge in [-0.3, -0.25) is 4.79 Å². The Hall–Kier alpha value is -3.31. The van der Waals surface area contributed by atoms with Crippen molar-refractivity contribution in [3.63, 3.8) is 0 Å². The van der Waals surface area contributed by atoms with Crippen LogP contribution in [0.25, 0.3) is 5.65 Å². The molecule has 3 aromatic rings. The number of benzene rings is 1. The van der Waals surface area contributed by atoms with Gasteiger partial charge in [0.1, 0.15) is 16.9 Å². The monoisotopic (exact) mass is 459 g/mol. The Morgan fingerprint density at radius 3 is 2.94 bits per heavy atom. The van der Waals surface area contributed by atoms with E-state index >= 15 is 0 Å². The third-order valence-corrected chi connectivity index (χ3v) is 5.74. The second kappa shape index (κ2) is 8.56. The van der Waals surface area contributed by atoms with Gasteiger partial charge < -0.3 is 24.4 Å². The lowest BCUT2D eigenvalue weighted by Gasteiger charge is -2.31. The molecular formula is C22H23F2N5O4. The van der Waals surface area contributed by atoms with Crippen molar-refractivity contribution in [1.82, 2.24) is 14.6 Å². The van der Waals surface area contributed by atoms with Gasteiger partial charge in [-0.2, -0.15) is 13.9 Å². The zero-order valence-electron chi connectivity index (χ0n) is 18.0. The van der Waals surface area contributed by atoms with Gasteiger partial charge in [-0.15, -0.1) is 0 Å². The number of morpholine rings is 1. The molecule has 33 heavy (non-hydrogen) atoms. The Labute approximate surface area is 188 Å². The van der Waals surface area contributed by atoms with Gasteiger partial charge in [-0.1, -0.05) is 0 Å². The quantitative estimate of drug-likeness (QED) is 0.606. The van der Waals surface area contributed by atoms with Crippen molar-refractivity contribution in [2.75, 3.05) is 43.1 Å². The number of carbonyl (C=O) groups excluding carboxylic acids is 1. The van der Waals surface area contributed by atoms with E-state index in [1.165, 1.54) is 10.7 Å². The number of amides is 1. The maximum Gasteiger partial charge on any atom is 0.345 e. The van der Waals surface area contributed by atoms with Crippen molar-refractivity contribution in [3.8, 4) is 5.75 Å². The molecule has 1 saturated heterocycles. The molecule has 1 aromatic carbocycles. The SMILES string of the molecule is C[C@@]1(COC(F)F)Cc2cc(NC(=O)c3cnn4cccnc34)c(N3CCOCC3)cc2O1. The van der Waals surface area contributed by atoms with E-state index in [4.69, 9.17) is 9.47 Å². The summed E-state index contributed by atoms with van der Waals surface area (Å²) in [6.07, 6.45) is 5.16. The zero-order chi connectivity index (χ0) is 23.0. The number of nitrogens with zero attached hydrogens (tertiary/aromatic N) is 4. The molecular weight excluding hydrogens is 436 g/mol. The topological polar surface area (TPSA) is 90.2 Å². The first-order valence-corrected chi connectivity index (χ1v) is 10.6. The van der Waals surface area contributed by atoms with Crippen LogP contribution in [-0.4, -0.2) is 65.6 Å². The molecule has 2 aromatic heterocycles. The largest absolute Gasteiger partial charge is 0.484 e. The van der Waals surface area contributed by atoms with Crippen LogP contribution in [0.1, 0.15) is 22.8 Å². The minimum absolute atomic E-state index is 0.248. The second-order valence-electron chi connectivity index (χ2n) is 8.28. The summed E-state index contributed by atoms with van der Waals surface area (Å²) in [7, 11) is 0. The van der Waals surface area contributed by atoms with Crippen molar-refractivity contribution < 1.29 is 27.8 Å². The predicted octanol–water partition coefficient (Wildman–Crippen LogP) is 2.75. The van der Waals surface area contributed by atoms with Crippen molar-refractivity contribution in [2.24, 2.45) is 0 Å². The maximum atomic E-state index is 13.1. The lowest BCUT2D eigenvalue weighted by molar-refractivity contribution is -0.158. The van der Waals surface area contributed by atoms with Crippen LogP contribution in [0.3, 0.4) is 0 Å². The van der Waals surface area contributed by atoms with E-state index in [1.54, 1.807) is 25.4 Å². The number of hydrogen-bond donors (Lipinski definition) is 1. The van der Waals surface area contributed by atoms with Gasteiger partial charge in [0.25, 0.3) is 5.91 Å². The number of hydrogen-bond acceptors (Lipinski definition) is 7. The first-order chi connectivity index (χ1) is 15.9. The molecule has 2 aliphatic heterocycles. The number of aromatic nitrogens is 3. The average Bonchev–Trinajstić information content (AvgIpc) is 3.38. The summed E-state index contributed by atoms with van der Waals surface area (Å²) in [6, 6.07) is 5.41. The average molecular weight is 459 g/mol. The van der Waals surface area contributed by atoms with Gasteiger partial charge in [-0.25, -0.2) is 9.50 Å². The predicted molar refractivity (Wildman–Crippen MR) is 115 cm³/mol. The number of ether oxygens (including phenoxy) is 3. The van der Waals surface area contributed by atoms with Crippen molar-refractivity contribution in [1.29, 1.82) is 0 Å². The van der Waals surface area contributed by atoms with Gasteiger partial charge >= 0.3 is 6.61 Å². The Kier molecular flexibility index (Phi) is 5.59. The first-order valence-electron chi connectivity index (χ1n) is 10.6. The molecule has 1 N–H and O–H groups in total. The molecule has 0 aliphatic carbocycles. The highest BCUT2D eigenvalue weighted by molar-refractivity contribution is 6.09. The van der Waals surface area contributed by atoms with Gasteiger partial charge in [0.05, 0.1) is 37.4 Å². The van der Waals surface area contributed by atoms with E-state index in [-0.39, 0.29) is 12.5 Å². The molecule has 0 radical (unpaired) electrons. The van der Waals surface area contributed by atoms with Crippen LogP contribution in [0, 0.1) is 0 Å². The summed E-state index contributed by atoms with van der Waals surface area (Å²) < 4.78 is 42.7. The van der Waals surface area contributed by atoms with Gasteiger partial charge in [0, 0.05) is 43.5 Å². The third-order valence-electron chi connectivity index (χ3n) is 5.74. The fourth-order valence-electron chi connectivity index (χ4n) is 4.21. The molecule has 5 rings (SSSR count). The van der Waals surface area contributed by atoms with Crippen LogP contribution < -0.4 is 15.0 Å². The van der Waals surface area contributed by atoms with Crippen LogP contribution in [0.15, 0.2) is 36.8 Å². The Balaban J connectivity index is 1.46. The van der Waals surface area contributed by atoms with Crippen LogP contribution in [0.4, 0.5) is 20.2 Å². The van der Waals surface area contributed by atoms with Crippen molar-refractivity contribution in [2.45, 2.75) is 25.6 Å². The molecule has 4 heterocycles. The fourth-order valence-corrected chi connectivity index (χ4v) is 4.21. The Morgan fingerprint density at radius 1 is 1.33 bits per heavy atom. The molecule has 0 saturated carbocycles. The molecule has 11 heteroatoms. The Morgan fingerprint density at radius 2 is 2.15 bits per heavy atom. The zero-order valence-corrected chi connectivity index (χ0v) is 18.0. The summed E-state index contributed by atoms with van der Waals surface area (Å²) in [5.74, 6) is 0.244. The molecule has 0 spiro atoms. The number of halogens is 2. The molecule has 174 valence electrons. The van der Waals surface area contributed by atoms with Crippen molar-refractivity contribution >= 4 is 22.9 Å². The Bertz CT molecular complexity index is 1180. The lowest BCUT2D eigenvalue weighted by Crippen LogP contribution is -2.37. The molecule has 9 nitrogen and oxygen atoms in total. The summed E-state index contributed by atoms with van der Waals surface area (Å²) in [6.45, 7) is 1.02. The van der Waals surface area contributed by atoms with Gasteiger partial charge in [-0.05, 0) is 19.1 Å². The number of anilines is 2. The standard InChI is InChI=1S/C22H23F2N5O4/c1-22(13-32-21(23)24)11-14-9-16(17(10-18(14)33-22)28-5-7-31-8-6-28)27-20(30)15-12-26-29-4-2-3-25-19(15)29/h2-4,9-10,12,21H,5-8,11,13H2,1H3,(H,27,30)/t22-/m0/s1. The molecule has 1 amide bonds. The minimum Gasteiger partial charge on any atom is -0.484 e. The number of rotatable bonds is 6. The van der Waals surface area contributed by atoms with Crippen LogP contribution in [0.2, 0.25) is 0 Å². The molecule has 1 fully saturated rings. The van der Waals surface area contributed by atoms with E-state index in [1.807, 2.05) is 12.1 Å².